The molecule has 0 spiro atoms. The summed E-state index contributed by atoms with van der Waals surface area (Å²) in [4.78, 5) is 16.5. The van der Waals surface area contributed by atoms with Crippen molar-refractivity contribution >= 4 is 5.91 Å². The molecule has 1 aromatic carbocycles. The molecule has 0 radical (unpaired) electrons. The Kier molecular flexibility index (Phi) is 6.02. The first-order valence-corrected chi connectivity index (χ1v) is 7.62. The second-order valence-electron chi connectivity index (χ2n) is 5.28. The monoisotopic (exact) mass is 291 g/mol. The number of nitrogens with one attached hydrogen (secondary N) is 1. The van der Waals surface area contributed by atoms with Gasteiger partial charge in [-0.05, 0) is 31.2 Å². The first kappa shape index (κ1) is 15.8. The molecule has 1 aliphatic rings. The third kappa shape index (κ3) is 4.72. The van der Waals surface area contributed by atoms with Gasteiger partial charge in [0.15, 0.2) is 0 Å². The largest absolute Gasteiger partial charge is 0.494 e. The number of nitrogens with zero attached hydrogens (tertiary/aromatic N) is 2. The molecule has 1 fully saturated rings. The lowest BCUT2D eigenvalue weighted by atomic mass is 10.2. The van der Waals surface area contributed by atoms with Crippen LogP contribution in [0.1, 0.15) is 17.3 Å². The normalized spacial score (nSPS) is 15.7. The molecule has 0 unspecified atom stereocenters. The molecule has 0 atom stereocenters. The number of rotatable bonds is 6. The van der Waals surface area contributed by atoms with Crippen LogP contribution in [0.4, 0.5) is 0 Å². The molecule has 1 heterocycles. The second-order valence-corrected chi connectivity index (χ2v) is 5.28. The van der Waals surface area contributed by atoms with Crippen molar-refractivity contribution in [1.29, 1.82) is 0 Å². The van der Waals surface area contributed by atoms with Crippen LogP contribution in [0.25, 0.3) is 0 Å². The van der Waals surface area contributed by atoms with Crippen molar-refractivity contribution in [1.82, 2.24) is 15.1 Å². The van der Waals surface area contributed by atoms with Gasteiger partial charge < -0.3 is 15.0 Å². The predicted octanol–water partition coefficient (Wildman–Crippen LogP) is 1.06. The summed E-state index contributed by atoms with van der Waals surface area (Å²) in [7, 11) is 1.86. The summed E-state index contributed by atoms with van der Waals surface area (Å²) in [5.74, 6) is 0.866. The number of carbonyl (C=O) groups is 1. The molecule has 5 nitrogen and oxygen atoms in total. The Balaban J connectivity index is 1.83. The van der Waals surface area contributed by atoms with Crippen molar-refractivity contribution in [2.45, 2.75) is 6.92 Å². The van der Waals surface area contributed by atoms with E-state index in [1.54, 1.807) is 4.90 Å². The van der Waals surface area contributed by atoms with E-state index in [9.17, 15) is 4.79 Å². The number of carbonyl (C=O) groups excluding carboxylic acids is 1. The fourth-order valence-electron chi connectivity index (χ4n) is 2.41. The number of piperazine rings is 1. The second kappa shape index (κ2) is 8.00. The van der Waals surface area contributed by atoms with Crippen molar-refractivity contribution < 1.29 is 9.53 Å². The zero-order chi connectivity index (χ0) is 15.1. The topological polar surface area (TPSA) is 44.8 Å². The van der Waals surface area contributed by atoms with Gasteiger partial charge in [0.2, 0.25) is 0 Å². The summed E-state index contributed by atoms with van der Waals surface area (Å²) >= 11 is 0. The predicted molar refractivity (Wildman–Crippen MR) is 83.9 cm³/mol. The van der Waals surface area contributed by atoms with Gasteiger partial charge in [-0.25, -0.2) is 0 Å². The molecule has 21 heavy (non-hydrogen) atoms. The van der Waals surface area contributed by atoms with Crippen LogP contribution >= 0.6 is 0 Å². The number of ether oxygens (including phenoxy) is 1. The molecule has 0 bridgehead atoms. The lowest BCUT2D eigenvalue weighted by Crippen LogP contribution is -2.46. The fourth-order valence-corrected chi connectivity index (χ4v) is 2.41. The summed E-state index contributed by atoms with van der Waals surface area (Å²) in [6.07, 6.45) is 0. The molecular formula is C16H25N3O2. The highest BCUT2D eigenvalue weighted by Gasteiger charge is 2.14. The first-order valence-electron chi connectivity index (χ1n) is 7.62. The van der Waals surface area contributed by atoms with Gasteiger partial charge in [-0.3, -0.25) is 9.69 Å². The van der Waals surface area contributed by atoms with Crippen LogP contribution in [-0.2, 0) is 0 Å². The van der Waals surface area contributed by atoms with E-state index in [2.05, 4.69) is 10.2 Å². The number of likely N-dealkylation sites (N-methyl/N-ethyl adjacent to an activating group) is 1. The van der Waals surface area contributed by atoms with E-state index in [1.165, 1.54) is 0 Å². The van der Waals surface area contributed by atoms with Gasteiger partial charge in [0.05, 0.1) is 6.61 Å². The average Bonchev–Trinajstić information content (AvgIpc) is 2.54. The fraction of sp³-hybridized carbons (Fsp3) is 0.562. The van der Waals surface area contributed by atoms with Gasteiger partial charge in [0.1, 0.15) is 5.75 Å². The minimum absolute atomic E-state index is 0.0631. The number of amides is 1. The minimum atomic E-state index is 0.0631. The van der Waals surface area contributed by atoms with E-state index < -0.39 is 0 Å². The van der Waals surface area contributed by atoms with Crippen LogP contribution in [-0.4, -0.2) is 68.6 Å². The molecule has 1 aromatic rings. The van der Waals surface area contributed by atoms with Gasteiger partial charge in [-0.15, -0.1) is 0 Å². The zero-order valence-electron chi connectivity index (χ0n) is 13.0. The SMILES string of the molecule is CCOc1ccc(C(=O)N(C)CCN2CCNCC2)cc1. The summed E-state index contributed by atoms with van der Waals surface area (Å²) in [6.45, 7) is 8.47. The highest BCUT2D eigenvalue weighted by atomic mass is 16.5. The average molecular weight is 291 g/mol. The third-order valence-corrected chi connectivity index (χ3v) is 3.72. The lowest BCUT2D eigenvalue weighted by molar-refractivity contribution is 0.0775. The molecule has 1 saturated heterocycles. The maximum atomic E-state index is 12.3. The standard InChI is InChI=1S/C16H25N3O2/c1-3-21-15-6-4-14(5-7-15)16(20)18(2)12-13-19-10-8-17-9-11-19/h4-7,17H,3,8-13H2,1-2H3. The van der Waals surface area contributed by atoms with Crippen molar-refractivity contribution in [2.24, 2.45) is 0 Å². The van der Waals surface area contributed by atoms with E-state index in [0.717, 1.165) is 45.0 Å². The third-order valence-electron chi connectivity index (χ3n) is 3.72. The van der Waals surface area contributed by atoms with Crippen molar-refractivity contribution in [2.75, 3.05) is 52.9 Å². The molecule has 1 N–H and O–H groups in total. The van der Waals surface area contributed by atoms with Gasteiger partial charge in [0.25, 0.3) is 5.91 Å². The maximum Gasteiger partial charge on any atom is 0.253 e. The summed E-state index contributed by atoms with van der Waals surface area (Å²) in [5.41, 5.74) is 0.710. The molecule has 0 saturated carbocycles. The van der Waals surface area contributed by atoms with Gasteiger partial charge in [-0.2, -0.15) is 0 Å². The first-order chi connectivity index (χ1) is 10.2. The Hall–Kier alpha value is -1.59. The number of hydrogen-bond acceptors (Lipinski definition) is 4. The highest BCUT2D eigenvalue weighted by molar-refractivity contribution is 5.94. The van der Waals surface area contributed by atoms with E-state index in [1.807, 2.05) is 38.2 Å². The van der Waals surface area contributed by atoms with Gasteiger partial charge in [-0.1, -0.05) is 0 Å². The molecule has 5 heteroatoms. The summed E-state index contributed by atoms with van der Waals surface area (Å²) < 4.78 is 5.39. The van der Waals surface area contributed by atoms with Crippen LogP contribution < -0.4 is 10.1 Å². The summed E-state index contributed by atoms with van der Waals surface area (Å²) in [6, 6.07) is 7.35. The van der Waals surface area contributed by atoms with E-state index in [4.69, 9.17) is 4.74 Å². The number of benzene rings is 1. The lowest BCUT2D eigenvalue weighted by Gasteiger charge is -2.29. The van der Waals surface area contributed by atoms with Crippen molar-refractivity contribution in [3.63, 3.8) is 0 Å². The Labute approximate surface area is 126 Å². The number of hydrogen-bond donors (Lipinski definition) is 1. The smallest absolute Gasteiger partial charge is 0.253 e. The van der Waals surface area contributed by atoms with Crippen LogP contribution in [0.15, 0.2) is 24.3 Å². The quantitative estimate of drug-likeness (QED) is 0.851. The van der Waals surface area contributed by atoms with Crippen molar-refractivity contribution in [3.05, 3.63) is 29.8 Å². The Morgan fingerprint density at radius 2 is 1.95 bits per heavy atom. The Morgan fingerprint density at radius 1 is 1.29 bits per heavy atom. The van der Waals surface area contributed by atoms with E-state index in [-0.39, 0.29) is 5.91 Å². The maximum absolute atomic E-state index is 12.3. The summed E-state index contributed by atoms with van der Waals surface area (Å²) in [5, 5.41) is 3.33. The Morgan fingerprint density at radius 3 is 2.57 bits per heavy atom. The van der Waals surface area contributed by atoms with E-state index >= 15 is 0 Å². The molecule has 2 rings (SSSR count). The molecule has 1 amide bonds. The minimum Gasteiger partial charge on any atom is -0.494 e. The molecule has 1 aliphatic heterocycles. The Bertz CT molecular complexity index is 441. The van der Waals surface area contributed by atoms with Crippen LogP contribution in [0, 0.1) is 0 Å². The molecule has 0 aromatic heterocycles. The zero-order valence-corrected chi connectivity index (χ0v) is 13.0. The van der Waals surface area contributed by atoms with Crippen molar-refractivity contribution in [3.8, 4) is 5.75 Å². The van der Waals surface area contributed by atoms with E-state index in [0.29, 0.717) is 12.2 Å². The molecular weight excluding hydrogens is 266 g/mol. The van der Waals surface area contributed by atoms with Gasteiger partial charge in [0, 0.05) is 51.9 Å². The molecule has 116 valence electrons. The van der Waals surface area contributed by atoms with Crippen LogP contribution in [0.2, 0.25) is 0 Å². The highest BCUT2D eigenvalue weighted by Crippen LogP contribution is 2.13. The van der Waals surface area contributed by atoms with Crippen LogP contribution in [0.5, 0.6) is 5.75 Å². The van der Waals surface area contributed by atoms with Crippen LogP contribution in [0.3, 0.4) is 0 Å². The molecule has 0 aliphatic carbocycles. The van der Waals surface area contributed by atoms with Gasteiger partial charge >= 0.3 is 0 Å².